The minimum absolute atomic E-state index is 0.0220. The van der Waals surface area contributed by atoms with Crippen molar-refractivity contribution in [2.45, 2.75) is 25.5 Å². The average molecular weight is 432 g/mol. The van der Waals surface area contributed by atoms with E-state index in [2.05, 4.69) is 29.2 Å². The number of ether oxygens (including phenoxy) is 2. The van der Waals surface area contributed by atoms with E-state index in [0.29, 0.717) is 13.2 Å². The van der Waals surface area contributed by atoms with Crippen LogP contribution in [-0.2, 0) is 11.4 Å². The predicted molar refractivity (Wildman–Crippen MR) is 124 cm³/mol. The van der Waals surface area contributed by atoms with Gasteiger partial charge in [-0.2, -0.15) is 0 Å². The summed E-state index contributed by atoms with van der Waals surface area (Å²) in [5.74, 6) is 0.568. The number of likely N-dealkylation sites (tertiary alicyclic amines) is 1. The van der Waals surface area contributed by atoms with Crippen molar-refractivity contribution in [1.29, 1.82) is 0 Å². The molecule has 3 aromatic rings. The summed E-state index contributed by atoms with van der Waals surface area (Å²) in [6.07, 6.45) is 1.61. The fraction of sp³-hybridized carbons (Fsp3) is 0.296. The lowest BCUT2D eigenvalue weighted by Gasteiger charge is -2.37. The van der Waals surface area contributed by atoms with Gasteiger partial charge in [-0.3, -0.25) is 9.69 Å². The summed E-state index contributed by atoms with van der Waals surface area (Å²) in [4.78, 5) is 13.9. The maximum absolute atomic E-state index is 11.7. The lowest BCUT2D eigenvalue weighted by atomic mass is 9.91. The first kappa shape index (κ1) is 21.9. The molecule has 1 fully saturated rings. The fourth-order valence-corrected chi connectivity index (χ4v) is 4.33. The third kappa shape index (κ3) is 5.29. The molecule has 1 aliphatic heterocycles. The minimum Gasteiger partial charge on any atom is -0.497 e. The number of carboxylic acids is 1. The highest BCUT2D eigenvalue weighted by atomic mass is 16.5. The molecule has 0 bridgehead atoms. The number of hydrogen-bond acceptors (Lipinski definition) is 4. The Morgan fingerprint density at radius 2 is 1.59 bits per heavy atom. The van der Waals surface area contributed by atoms with Crippen LogP contribution in [0.15, 0.2) is 78.9 Å². The zero-order valence-corrected chi connectivity index (χ0v) is 18.3. The van der Waals surface area contributed by atoms with Crippen molar-refractivity contribution in [1.82, 2.24) is 4.90 Å². The van der Waals surface area contributed by atoms with Crippen molar-refractivity contribution in [3.63, 3.8) is 0 Å². The van der Waals surface area contributed by atoms with E-state index in [4.69, 9.17) is 9.47 Å². The Hall–Kier alpha value is -3.31. The maximum atomic E-state index is 11.7. The molecule has 5 heteroatoms. The van der Waals surface area contributed by atoms with Gasteiger partial charge in [-0.15, -0.1) is 0 Å². The molecule has 2 unspecified atom stereocenters. The first-order valence-electron chi connectivity index (χ1n) is 11.0. The second kappa shape index (κ2) is 10.3. The predicted octanol–water partition coefficient (Wildman–Crippen LogP) is 5.16. The van der Waals surface area contributed by atoms with Gasteiger partial charge in [0.2, 0.25) is 0 Å². The van der Waals surface area contributed by atoms with E-state index in [-0.39, 0.29) is 12.0 Å². The molecule has 0 amide bonds. The number of carboxylic acid groups (broad SMARTS) is 1. The third-order valence-corrected chi connectivity index (χ3v) is 6.04. The Labute approximate surface area is 189 Å². The van der Waals surface area contributed by atoms with Gasteiger partial charge in [0.25, 0.3) is 0 Å². The summed E-state index contributed by atoms with van der Waals surface area (Å²) in [5.41, 5.74) is 3.36. The van der Waals surface area contributed by atoms with Crippen molar-refractivity contribution >= 4 is 5.97 Å². The van der Waals surface area contributed by atoms with Crippen molar-refractivity contribution in [2.24, 2.45) is 5.92 Å². The van der Waals surface area contributed by atoms with Crippen LogP contribution < -0.4 is 9.47 Å². The molecular formula is C27H29NO4. The van der Waals surface area contributed by atoms with Crippen molar-refractivity contribution in [2.75, 3.05) is 20.2 Å². The minimum atomic E-state index is -0.715. The van der Waals surface area contributed by atoms with E-state index in [9.17, 15) is 9.90 Å². The van der Waals surface area contributed by atoms with Crippen LogP contribution in [0.1, 0.15) is 35.6 Å². The molecule has 32 heavy (non-hydrogen) atoms. The summed E-state index contributed by atoms with van der Waals surface area (Å²) in [6.45, 7) is 1.93. The number of piperidine rings is 1. The Balaban J connectivity index is 1.56. The molecule has 1 saturated heterocycles. The van der Waals surface area contributed by atoms with E-state index >= 15 is 0 Å². The van der Waals surface area contributed by atoms with E-state index < -0.39 is 5.97 Å². The normalized spacial score (nSPS) is 17.5. The van der Waals surface area contributed by atoms with Crippen LogP contribution in [0, 0.1) is 5.92 Å². The highest BCUT2D eigenvalue weighted by Crippen LogP contribution is 2.34. The lowest BCUT2D eigenvalue weighted by molar-refractivity contribution is -0.143. The highest BCUT2D eigenvalue weighted by Gasteiger charge is 2.31. The van der Waals surface area contributed by atoms with Gasteiger partial charge in [-0.05, 0) is 60.3 Å². The average Bonchev–Trinajstić information content (AvgIpc) is 2.85. The Morgan fingerprint density at radius 1 is 0.969 bits per heavy atom. The number of rotatable bonds is 8. The van der Waals surface area contributed by atoms with Crippen LogP contribution in [-0.4, -0.2) is 36.2 Å². The summed E-state index contributed by atoms with van der Waals surface area (Å²) in [6, 6.07) is 26.3. The molecule has 1 heterocycles. The van der Waals surface area contributed by atoms with Gasteiger partial charge in [0.1, 0.15) is 18.1 Å². The van der Waals surface area contributed by atoms with Gasteiger partial charge < -0.3 is 14.6 Å². The van der Waals surface area contributed by atoms with Gasteiger partial charge in [0, 0.05) is 6.54 Å². The van der Waals surface area contributed by atoms with E-state index in [1.165, 1.54) is 0 Å². The lowest BCUT2D eigenvalue weighted by Crippen LogP contribution is -2.41. The highest BCUT2D eigenvalue weighted by molar-refractivity contribution is 5.70. The second-order valence-electron chi connectivity index (χ2n) is 8.19. The number of hydrogen-bond donors (Lipinski definition) is 1. The first-order valence-corrected chi connectivity index (χ1v) is 11.0. The zero-order chi connectivity index (χ0) is 22.3. The van der Waals surface area contributed by atoms with E-state index in [1.54, 1.807) is 7.11 Å². The molecule has 166 valence electrons. The monoisotopic (exact) mass is 431 g/mol. The maximum Gasteiger partial charge on any atom is 0.307 e. The van der Waals surface area contributed by atoms with Crippen LogP contribution in [0.3, 0.4) is 0 Å². The molecule has 0 spiro atoms. The molecule has 1 N–H and O–H groups in total. The number of nitrogens with zero attached hydrogens (tertiary/aromatic N) is 1. The van der Waals surface area contributed by atoms with Gasteiger partial charge >= 0.3 is 5.97 Å². The van der Waals surface area contributed by atoms with Crippen molar-refractivity contribution < 1.29 is 19.4 Å². The van der Waals surface area contributed by atoms with Gasteiger partial charge in [0.15, 0.2) is 0 Å². The second-order valence-corrected chi connectivity index (χ2v) is 8.19. The third-order valence-electron chi connectivity index (χ3n) is 6.04. The number of benzene rings is 3. The molecule has 3 aromatic carbocycles. The molecule has 0 aromatic heterocycles. The molecular weight excluding hydrogens is 402 g/mol. The topological polar surface area (TPSA) is 59.0 Å². The molecule has 5 nitrogen and oxygen atoms in total. The Morgan fingerprint density at radius 3 is 2.19 bits per heavy atom. The van der Waals surface area contributed by atoms with Crippen LogP contribution in [0.2, 0.25) is 0 Å². The first-order chi connectivity index (χ1) is 15.6. The molecule has 0 aliphatic carbocycles. The van der Waals surface area contributed by atoms with Crippen LogP contribution in [0.4, 0.5) is 0 Å². The fourth-order valence-electron chi connectivity index (χ4n) is 4.33. The Kier molecular flexibility index (Phi) is 7.07. The molecule has 0 saturated carbocycles. The van der Waals surface area contributed by atoms with Crippen LogP contribution in [0.5, 0.6) is 11.5 Å². The van der Waals surface area contributed by atoms with E-state index in [1.807, 2.05) is 54.6 Å². The quantitative estimate of drug-likeness (QED) is 0.534. The summed E-state index contributed by atoms with van der Waals surface area (Å²) in [7, 11) is 1.66. The summed E-state index contributed by atoms with van der Waals surface area (Å²) >= 11 is 0. The van der Waals surface area contributed by atoms with Crippen molar-refractivity contribution in [3.8, 4) is 11.5 Å². The van der Waals surface area contributed by atoms with E-state index in [0.717, 1.165) is 47.6 Å². The molecule has 1 aliphatic rings. The van der Waals surface area contributed by atoms with Gasteiger partial charge in [0.05, 0.1) is 19.1 Å². The standard InChI is InChI=1S/C27H29NO4/c1-31-24-13-9-21(10-14-24)26(28-17-5-8-23(18-28)27(29)30)22-11-15-25(16-12-22)32-19-20-6-3-2-4-7-20/h2-4,6-7,9-16,23,26H,5,8,17-19H2,1H3,(H,29,30). The van der Waals surface area contributed by atoms with Crippen LogP contribution >= 0.6 is 0 Å². The van der Waals surface area contributed by atoms with Crippen molar-refractivity contribution in [3.05, 3.63) is 95.6 Å². The van der Waals surface area contributed by atoms with Gasteiger partial charge in [-0.25, -0.2) is 0 Å². The molecule has 4 rings (SSSR count). The largest absolute Gasteiger partial charge is 0.497 e. The molecule has 2 atom stereocenters. The van der Waals surface area contributed by atoms with Crippen LogP contribution in [0.25, 0.3) is 0 Å². The molecule has 0 radical (unpaired) electrons. The number of carbonyl (C=O) groups is 1. The number of methoxy groups -OCH3 is 1. The Bertz CT molecular complexity index is 1000. The van der Waals surface area contributed by atoms with Gasteiger partial charge in [-0.1, -0.05) is 54.6 Å². The smallest absolute Gasteiger partial charge is 0.307 e. The summed E-state index contributed by atoms with van der Waals surface area (Å²) < 4.78 is 11.3. The summed E-state index contributed by atoms with van der Waals surface area (Å²) in [5, 5.41) is 9.58. The SMILES string of the molecule is COc1ccc(C(c2ccc(OCc3ccccc3)cc2)N2CCCC(C(=O)O)C2)cc1. The number of aliphatic carboxylic acids is 1. The zero-order valence-electron chi connectivity index (χ0n) is 18.3.